The summed E-state index contributed by atoms with van der Waals surface area (Å²) < 4.78 is 15.6. The van der Waals surface area contributed by atoms with Gasteiger partial charge < -0.3 is 19.5 Å². The lowest BCUT2D eigenvalue weighted by Crippen LogP contribution is -2.30. The number of allylic oxidation sites excluding steroid dienone is 1. The van der Waals surface area contributed by atoms with E-state index in [1.165, 1.54) is 0 Å². The SMILES string of the molecule is CCOC(=O)C1=C(C)NC2=C(C(=O)OC2)C1c1cccc(OC)c1. The Morgan fingerprint density at radius 3 is 2.92 bits per heavy atom. The fourth-order valence-corrected chi connectivity index (χ4v) is 3.10. The predicted molar refractivity (Wildman–Crippen MR) is 86.2 cm³/mol. The van der Waals surface area contributed by atoms with Crippen LogP contribution < -0.4 is 10.1 Å². The molecule has 0 bridgehead atoms. The zero-order valence-corrected chi connectivity index (χ0v) is 13.8. The molecule has 0 radical (unpaired) electrons. The van der Waals surface area contributed by atoms with Crippen molar-refractivity contribution in [1.29, 1.82) is 0 Å². The van der Waals surface area contributed by atoms with Gasteiger partial charge in [-0.15, -0.1) is 0 Å². The summed E-state index contributed by atoms with van der Waals surface area (Å²) in [6.45, 7) is 3.99. The van der Waals surface area contributed by atoms with E-state index in [0.717, 1.165) is 5.56 Å². The van der Waals surface area contributed by atoms with Crippen LogP contribution in [0.1, 0.15) is 25.3 Å². The van der Waals surface area contributed by atoms with Gasteiger partial charge in [-0.05, 0) is 31.5 Å². The summed E-state index contributed by atoms with van der Waals surface area (Å²) in [5.41, 5.74) is 3.01. The van der Waals surface area contributed by atoms with Crippen molar-refractivity contribution in [3.63, 3.8) is 0 Å². The number of hydrogen-bond donors (Lipinski definition) is 1. The lowest BCUT2D eigenvalue weighted by atomic mass is 9.81. The van der Waals surface area contributed by atoms with Gasteiger partial charge >= 0.3 is 11.9 Å². The van der Waals surface area contributed by atoms with Crippen LogP contribution in [0.3, 0.4) is 0 Å². The van der Waals surface area contributed by atoms with Gasteiger partial charge in [-0.3, -0.25) is 0 Å². The molecule has 6 heteroatoms. The predicted octanol–water partition coefficient (Wildman–Crippen LogP) is 2.03. The second kappa shape index (κ2) is 6.39. The number of nitrogens with one attached hydrogen (secondary N) is 1. The smallest absolute Gasteiger partial charge is 0.337 e. The van der Waals surface area contributed by atoms with Crippen molar-refractivity contribution in [2.24, 2.45) is 0 Å². The van der Waals surface area contributed by atoms with Crippen LogP contribution in [0, 0.1) is 0 Å². The maximum absolute atomic E-state index is 12.5. The molecule has 2 aliphatic rings. The van der Waals surface area contributed by atoms with Crippen molar-refractivity contribution in [3.8, 4) is 5.75 Å². The van der Waals surface area contributed by atoms with E-state index in [9.17, 15) is 9.59 Å². The number of hydrogen-bond acceptors (Lipinski definition) is 6. The van der Waals surface area contributed by atoms with Crippen LogP contribution >= 0.6 is 0 Å². The Kier molecular flexibility index (Phi) is 4.29. The van der Waals surface area contributed by atoms with Gasteiger partial charge in [0.1, 0.15) is 12.4 Å². The number of methoxy groups -OCH3 is 1. The quantitative estimate of drug-likeness (QED) is 0.852. The van der Waals surface area contributed by atoms with Crippen LogP contribution in [0.5, 0.6) is 5.75 Å². The zero-order valence-electron chi connectivity index (χ0n) is 13.8. The van der Waals surface area contributed by atoms with E-state index >= 15 is 0 Å². The summed E-state index contributed by atoms with van der Waals surface area (Å²) in [6.07, 6.45) is 0. The van der Waals surface area contributed by atoms with E-state index in [-0.39, 0.29) is 13.2 Å². The highest BCUT2D eigenvalue weighted by atomic mass is 16.5. The molecule has 2 heterocycles. The van der Waals surface area contributed by atoms with Crippen LogP contribution in [-0.2, 0) is 19.1 Å². The van der Waals surface area contributed by atoms with Gasteiger partial charge in [0.05, 0.1) is 36.5 Å². The van der Waals surface area contributed by atoms with Crippen LogP contribution in [0.25, 0.3) is 0 Å². The molecule has 0 amide bonds. The van der Waals surface area contributed by atoms with Crippen molar-refractivity contribution in [2.75, 3.05) is 20.3 Å². The molecule has 0 saturated heterocycles. The topological polar surface area (TPSA) is 73.9 Å². The maximum Gasteiger partial charge on any atom is 0.337 e. The molecule has 0 aromatic heterocycles. The lowest BCUT2D eigenvalue weighted by Gasteiger charge is -2.27. The van der Waals surface area contributed by atoms with E-state index in [2.05, 4.69) is 5.32 Å². The van der Waals surface area contributed by atoms with E-state index in [1.807, 2.05) is 24.3 Å². The molecule has 0 aliphatic carbocycles. The van der Waals surface area contributed by atoms with Gasteiger partial charge in [-0.2, -0.15) is 0 Å². The first-order chi connectivity index (χ1) is 11.6. The summed E-state index contributed by atoms with van der Waals surface area (Å²) in [7, 11) is 1.57. The van der Waals surface area contributed by atoms with Gasteiger partial charge in [-0.25, -0.2) is 9.59 Å². The van der Waals surface area contributed by atoms with Crippen LogP contribution in [0.2, 0.25) is 0 Å². The normalized spacial score (nSPS) is 19.6. The Balaban J connectivity index is 2.14. The monoisotopic (exact) mass is 329 g/mol. The van der Waals surface area contributed by atoms with Crippen LogP contribution in [0.15, 0.2) is 46.8 Å². The molecule has 1 aromatic rings. The van der Waals surface area contributed by atoms with E-state index in [1.54, 1.807) is 21.0 Å². The molecule has 1 aromatic carbocycles. The van der Waals surface area contributed by atoms with Gasteiger partial charge in [0.25, 0.3) is 0 Å². The van der Waals surface area contributed by atoms with Crippen molar-refractivity contribution in [2.45, 2.75) is 19.8 Å². The highest BCUT2D eigenvalue weighted by molar-refractivity contribution is 6.01. The number of cyclic esters (lactones) is 1. The third-order valence-electron chi connectivity index (χ3n) is 4.13. The largest absolute Gasteiger partial charge is 0.497 e. The number of rotatable bonds is 4. The molecule has 1 atom stereocenters. The molecular weight excluding hydrogens is 310 g/mol. The van der Waals surface area contributed by atoms with Gasteiger partial charge in [0, 0.05) is 5.70 Å². The van der Waals surface area contributed by atoms with Crippen LogP contribution in [-0.4, -0.2) is 32.3 Å². The summed E-state index contributed by atoms with van der Waals surface area (Å²) in [6, 6.07) is 7.32. The van der Waals surface area contributed by atoms with Gasteiger partial charge in [0.2, 0.25) is 0 Å². The summed E-state index contributed by atoms with van der Waals surface area (Å²) in [5.74, 6) is -0.744. The number of ether oxygens (including phenoxy) is 3. The first-order valence-electron chi connectivity index (χ1n) is 7.75. The summed E-state index contributed by atoms with van der Waals surface area (Å²) >= 11 is 0. The maximum atomic E-state index is 12.5. The molecule has 6 nitrogen and oxygen atoms in total. The molecule has 0 fully saturated rings. The van der Waals surface area contributed by atoms with Crippen molar-refractivity contribution in [3.05, 3.63) is 52.4 Å². The fourth-order valence-electron chi connectivity index (χ4n) is 3.10. The van der Waals surface area contributed by atoms with Gasteiger partial charge in [0.15, 0.2) is 0 Å². The summed E-state index contributed by atoms with van der Waals surface area (Å²) in [4.78, 5) is 24.8. The highest BCUT2D eigenvalue weighted by Gasteiger charge is 2.41. The third kappa shape index (κ3) is 2.64. The Morgan fingerprint density at radius 2 is 2.21 bits per heavy atom. The number of carbonyl (C=O) groups is 2. The van der Waals surface area contributed by atoms with E-state index in [4.69, 9.17) is 14.2 Å². The molecule has 1 unspecified atom stereocenters. The van der Waals surface area contributed by atoms with E-state index in [0.29, 0.717) is 28.3 Å². The minimum absolute atomic E-state index is 0.183. The third-order valence-corrected chi connectivity index (χ3v) is 4.13. The average molecular weight is 329 g/mol. The van der Waals surface area contributed by atoms with Crippen LogP contribution in [0.4, 0.5) is 0 Å². The first-order valence-corrected chi connectivity index (χ1v) is 7.75. The zero-order chi connectivity index (χ0) is 17.3. The lowest BCUT2D eigenvalue weighted by molar-refractivity contribution is -0.138. The van der Waals surface area contributed by atoms with E-state index < -0.39 is 17.9 Å². The van der Waals surface area contributed by atoms with Gasteiger partial charge in [-0.1, -0.05) is 12.1 Å². The average Bonchev–Trinajstić information content (AvgIpc) is 2.94. The van der Waals surface area contributed by atoms with Crippen molar-refractivity contribution >= 4 is 11.9 Å². The van der Waals surface area contributed by atoms with Crippen molar-refractivity contribution in [1.82, 2.24) is 5.32 Å². The Labute approximate surface area is 140 Å². The number of benzene rings is 1. The molecular formula is C18H19NO5. The first kappa shape index (κ1) is 16.1. The molecule has 126 valence electrons. The number of carbonyl (C=O) groups excluding carboxylic acids is 2. The number of dihydropyridines is 1. The standard InChI is InChI=1S/C18H19NO5/c1-4-23-17(20)14-10(2)19-13-9-24-18(21)16(13)15(14)11-6-5-7-12(8-11)22-3/h5-8,15,19H,4,9H2,1-3H3. The summed E-state index contributed by atoms with van der Waals surface area (Å²) in [5, 5.41) is 3.11. The molecule has 2 aliphatic heterocycles. The minimum Gasteiger partial charge on any atom is -0.497 e. The Morgan fingerprint density at radius 1 is 1.42 bits per heavy atom. The number of esters is 2. The Bertz CT molecular complexity index is 762. The molecule has 0 spiro atoms. The molecule has 0 saturated carbocycles. The molecule has 24 heavy (non-hydrogen) atoms. The second-order valence-corrected chi connectivity index (χ2v) is 5.56. The van der Waals surface area contributed by atoms with Crippen molar-refractivity contribution < 1.29 is 23.8 Å². The minimum atomic E-state index is -0.537. The highest BCUT2D eigenvalue weighted by Crippen LogP contribution is 2.41. The second-order valence-electron chi connectivity index (χ2n) is 5.56. The molecule has 1 N–H and O–H groups in total. The Hall–Kier alpha value is -2.76. The fraction of sp³-hybridized carbons (Fsp3) is 0.333. The molecule has 3 rings (SSSR count).